The van der Waals surface area contributed by atoms with E-state index in [0.29, 0.717) is 0 Å². The minimum absolute atomic E-state index is 0.0125. The van der Waals surface area contributed by atoms with E-state index in [4.69, 9.17) is 0 Å². The van der Waals surface area contributed by atoms with Gasteiger partial charge in [0.25, 0.3) is 11.8 Å². The lowest BCUT2D eigenvalue weighted by Crippen LogP contribution is -2.31. The first-order valence-corrected chi connectivity index (χ1v) is 8.12. The summed E-state index contributed by atoms with van der Waals surface area (Å²) in [4.78, 5) is 25.8. The van der Waals surface area contributed by atoms with Gasteiger partial charge in [0.15, 0.2) is 0 Å². The van der Waals surface area contributed by atoms with Crippen molar-refractivity contribution in [1.82, 2.24) is 4.90 Å². The van der Waals surface area contributed by atoms with Crippen LogP contribution in [0, 0.1) is 32.4 Å². The Bertz CT molecular complexity index is 928. The number of amides is 2. The predicted molar refractivity (Wildman–Crippen MR) is 94.3 cm³/mol. The second kappa shape index (κ2) is 6.71. The van der Waals surface area contributed by atoms with Crippen LogP contribution in [0.5, 0.6) is 0 Å². The van der Waals surface area contributed by atoms with Crippen molar-refractivity contribution in [1.29, 1.82) is 0 Å². The molecule has 0 atom stereocenters. The van der Waals surface area contributed by atoms with Gasteiger partial charge in [0.1, 0.15) is 17.3 Å². The van der Waals surface area contributed by atoms with Crippen molar-refractivity contribution < 1.29 is 18.4 Å². The molecule has 0 saturated heterocycles. The van der Waals surface area contributed by atoms with E-state index in [-0.39, 0.29) is 23.5 Å². The summed E-state index contributed by atoms with van der Waals surface area (Å²) < 4.78 is 27.3. The highest BCUT2D eigenvalue weighted by atomic mass is 19.1. The third kappa shape index (κ3) is 3.35. The molecule has 2 aromatic carbocycles. The van der Waals surface area contributed by atoms with Crippen LogP contribution in [0.25, 0.3) is 0 Å². The molecule has 0 fully saturated rings. The van der Waals surface area contributed by atoms with Gasteiger partial charge >= 0.3 is 0 Å². The van der Waals surface area contributed by atoms with Crippen molar-refractivity contribution in [3.8, 4) is 0 Å². The number of rotatable bonds is 4. The van der Waals surface area contributed by atoms with Crippen LogP contribution < -0.4 is 5.32 Å². The van der Waals surface area contributed by atoms with Gasteiger partial charge in [0, 0.05) is 17.3 Å². The molecule has 1 heterocycles. The van der Waals surface area contributed by atoms with Gasteiger partial charge in [-0.15, -0.1) is 0 Å². The second-order valence-electron chi connectivity index (χ2n) is 6.40. The minimum atomic E-state index is -0.725. The Morgan fingerprint density at radius 1 is 0.962 bits per heavy atom. The number of hydrogen-bond donors (Lipinski definition) is 1. The molecule has 0 aliphatic carbocycles. The molecule has 0 radical (unpaired) electrons. The lowest BCUT2D eigenvalue weighted by Gasteiger charge is -2.16. The van der Waals surface area contributed by atoms with Gasteiger partial charge in [-0.05, 0) is 49.6 Å². The van der Waals surface area contributed by atoms with E-state index in [1.165, 1.54) is 6.92 Å². The topological polar surface area (TPSA) is 49.4 Å². The van der Waals surface area contributed by atoms with E-state index in [1.54, 1.807) is 0 Å². The van der Waals surface area contributed by atoms with Crippen LogP contribution in [0.2, 0.25) is 0 Å². The molecule has 6 heteroatoms. The second-order valence-corrected chi connectivity index (χ2v) is 6.40. The summed E-state index contributed by atoms with van der Waals surface area (Å²) in [6, 6.07) is 7.89. The Hall–Kier alpha value is -3.02. The summed E-state index contributed by atoms with van der Waals surface area (Å²) in [5.41, 5.74) is 2.98. The molecule has 4 nitrogen and oxygen atoms in total. The van der Waals surface area contributed by atoms with Crippen molar-refractivity contribution in [3.05, 3.63) is 76.0 Å². The van der Waals surface area contributed by atoms with Crippen LogP contribution in [0.15, 0.2) is 42.1 Å². The molecule has 3 rings (SSSR count). The Morgan fingerprint density at radius 2 is 1.62 bits per heavy atom. The van der Waals surface area contributed by atoms with E-state index in [2.05, 4.69) is 5.32 Å². The molecule has 0 saturated carbocycles. The first-order chi connectivity index (χ1) is 12.3. The number of benzene rings is 2. The summed E-state index contributed by atoms with van der Waals surface area (Å²) in [6.07, 6.45) is 1.14. The average Bonchev–Trinajstić information content (AvgIpc) is 2.83. The molecule has 2 amide bonds. The number of carbonyl (C=O) groups is 2. The molecule has 0 bridgehead atoms. The molecule has 0 aromatic heterocycles. The average molecular weight is 356 g/mol. The molecular formula is C20H18F2N2O2. The lowest BCUT2D eigenvalue weighted by molar-refractivity contribution is -0.137. The standard InChI is InChI=1S/C20H18F2N2O2/c1-11-4-5-14(6-12(11)2)10-24-19(25)9-18(20(24)26)23-15-7-16(21)13(3)17(22)8-15/h4-9,23H,10H2,1-3H3. The van der Waals surface area contributed by atoms with Crippen LogP contribution >= 0.6 is 0 Å². The predicted octanol–water partition coefficient (Wildman–Crippen LogP) is 3.75. The number of hydrogen-bond acceptors (Lipinski definition) is 3. The lowest BCUT2D eigenvalue weighted by atomic mass is 10.1. The number of carbonyl (C=O) groups excluding carboxylic acids is 2. The van der Waals surface area contributed by atoms with E-state index in [1.807, 2.05) is 32.0 Å². The van der Waals surface area contributed by atoms with Crippen molar-refractivity contribution in [2.75, 3.05) is 5.32 Å². The van der Waals surface area contributed by atoms with Crippen molar-refractivity contribution in [2.24, 2.45) is 0 Å². The fourth-order valence-corrected chi connectivity index (χ4v) is 2.71. The quantitative estimate of drug-likeness (QED) is 0.849. The molecular weight excluding hydrogens is 338 g/mol. The van der Waals surface area contributed by atoms with E-state index in [9.17, 15) is 18.4 Å². The molecule has 134 valence electrons. The van der Waals surface area contributed by atoms with Crippen LogP contribution in [0.1, 0.15) is 22.3 Å². The van der Waals surface area contributed by atoms with Gasteiger partial charge in [0.2, 0.25) is 0 Å². The molecule has 0 spiro atoms. The minimum Gasteiger partial charge on any atom is -0.351 e. The molecule has 26 heavy (non-hydrogen) atoms. The maximum absolute atomic E-state index is 13.7. The summed E-state index contributed by atoms with van der Waals surface area (Å²) in [5, 5.41) is 2.64. The third-order valence-electron chi connectivity index (χ3n) is 4.48. The largest absolute Gasteiger partial charge is 0.351 e. The fourth-order valence-electron chi connectivity index (χ4n) is 2.71. The van der Waals surface area contributed by atoms with Gasteiger partial charge in [-0.25, -0.2) is 8.78 Å². The van der Waals surface area contributed by atoms with Crippen LogP contribution in [-0.4, -0.2) is 16.7 Å². The highest BCUT2D eigenvalue weighted by Crippen LogP contribution is 2.23. The van der Waals surface area contributed by atoms with E-state index >= 15 is 0 Å². The third-order valence-corrected chi connectivity index (χ3v) is 4.48. The summed E-state index contributed by atoms with van der Waals surface area (Å²) in [5.74, 6) is -2.45. The maximum Gasteiger partial charge on any atom is 0.277 e. The highest BCUT2D eigenvalue weighted by Gasteiger charge is 2.31. The van der Waals surface area contributed by atoms with Crippen molar-refractivity contribution >= 4 is 17.5 Å². The van der Waals surface area contributed by atoms with Gasteiger partial charge < -0.3 is 5.32 Å². The van der Waals surface area contributed by atoms with E-state index in [0.717, 1.165) is 39.8 Å². The normalized spacial score (nSPS) is 14.0. The number of nitrogens with zero attached hydrogens (tertiary/aromatic N) is 1. The van der Waals surface area contributed by atoms with Gasteiger partial charge in [-0.1, -0.05) is 18.2 Å². The first-order valence-electron chi connectivity index (χ1n) is 8.12. The molecule has 1 aliphatic rings. The Balaban J connectivity index is 1.77. The fraction of sp³-hybridized carbons (Fsp3) is 0.200. The van der Waals surface area contributed by atoms with Crippen LogP contribution in [-0.2, 0) is 16.1 Å². The monoisotopic (exact) mass is 356 g/mol. The van der Waals surface area contributed by atoms with Crippen LogP contribution in [0.3, 0.4) is 0 Å². The van der Waals surface area contributed by atoms with Gasteiger partial charge in [-0.2, -0.15) is 0 Å². The number of nitrogens with one attached hydrogen (secondary N) is 1. The molecule has 1 aliphatic heterocycles. The summed E-state index contributed by atoms with van der Waals surface area (Å²) in [6.45, 7) is 5.40. The smallest absolute Gasteiger partial charge is 0.277 e. The zero-order valence-electron chi connectivity index (χ0n) is 14.7. The van der Waals surface area contributed by atoms with Crippen molar-refractivity contribution in [2.45, 2.75) is 27.3 Å². The first kappa shape index (κ1) is 17.8. The maximum atomic E-state index is 13.7. The number of aryl methyl sites for hydroxylation is 2. The summed E-state index contributed by atoms with van der Waals surface area (Å²) >= 11 is 0. The number of anilines is 1. The Kier molecular flexibility index (Phi) is 4.59. The molecule has 1 N–H and O–H groups in total. The zero-order valence-corrected chi connectivity index (χ0v) is 14.7. The van der Waals surface area contributed by atoms with Crippen molar-refractivity contribution in [3.63, 3.8) is 0 Å². The summed E-state index contributed by atoms with van der Waals surface area (Å²) in [7, 11) is 0. The Morgan fingerprint density at radius 3 is 2.23 bits per heavy atom. The number of halogens is 2. The number of imide groups is 1. The van der Waals surface area contributed by atoms with Gasteiger partial charge in [0.05, 0.1) is 6.54 Å². The van der Waals surface area contributed by atoms with Gasteiger partial charge in [-0.3, -0.25) is 14.5 Å². The zero-order chi connectivity index (χ0) is 19.0. The SMILES string of the molecule is Cc1ccc(CN2C(=O)C=C(Nc3cc(F)c(C)c(F)c3)C2=O)cc1C. The molecule has 0 unspecified atom stereocenters. The molecule has 2 aromatic rings. The Labute approximate surface area is 150 Å². The van der Waals surface area contributed by atoms with E-state index < -0.39 is 23.4 Å². The highest BCUT2D eigenvalue weighted by molar-refractivity contribution is 6.17. The van der Waals surface area contributed by atoms with Crippen LogP contribution in [0.4, 0.5) is 14.5 Å².